The van der Waals surface area contributed by atoms with Gasteiger partial charge < -0.3 is 9.73 Å². The molecule has 2 heterocycles. The van der Waals surface area contributed by atoms with E-state index in [1.807, 2.05) is 31.4 Å². The van der Waals surface area contributed by atoms with Crippen molar-refractivity contribution in [2.24, 2.45) is 0 Å². The molecule has 2 aromatic rings. The lowest BCUT2D eigenvalue weighted by Gasteiger charge is -2.19. The second kappa shape index (κ2) is 4.27. The normalized spacial score (nSPS) is 19.3. The van der Waals surface area contributed by atoms with Crippen molar-refractivity contribution in [3.8, 4) is 10.6 Å². The van der Waals surface area contributed by atoms with E-state index in [1.165, 1.54) is 29.8 Å². The Hall–Kier alpha value is -1.13. The van der Waals surface area contributed by atoms with Crippen molar-refractivity contribution in [1.29, 1.82) is 0 Å². The topological polar surface area (TPSA) is 38.1 Å². The third-order valence-corrected chi connectivity index (χ3v) is 4.56. The van der Waals surface area contributed by atoms with Gasteiger partial charge in [-0.25, -0.2) is 4.98 Å². The van der Waals surface area contributed by atoms with Crippen LogP contribution >= 0.6 is 11.3 Å². The number of fused-ring (bicyclic) bond motifs is 1. The van der Waals surface area contributed by atoms with Gasteiger partial charge in [0, 0.05) is 4.88 Å². The van der Waals surface area contributed by atoms with E-state index in [-0.39, 0.29) is 0 Å². The van der Waals surface area contributed by atoms with Crippen molar-refractivity contribution in [2.45, 2.75) is 32.2 Å². The predicted molar refractivity (Wildman–Crippen MR) is 69.3 cm³/mol. The first-order chi connectivity index (χ1) is 8.29. The van der Waals surface area contributed by atoms with Crippen LogP contribution in [0.3, 0.4) is 0 Å². The molecule has 4 heteroatoms. The van der Waals surface area contributed by atoms with Crippen molar-refractivity contribution >= 4 is 11.3 Å². The highest BCUT2D eigenvalue weighted by molar-refractivity contribution is 7.15. The fraction of sp³-hybridized carbons (Fsp3) is 0.462. The van der Waals surface area contributed by atoms with Gasteiger partial charge in [0.2, 0.25) is 0 Å². The molecule has 2 aromatic heterocycles. The number of nitrogens with zero attached hydrogens (tertiary/aromatic N) is 1. The molecule has 0 aliphatic heterocycles. The van der Waals surface area contributed by atoms with Gasteiger partial charge in [0.15, 0.2) is 0 Å². The zero-order chi connectivity index (χ0) is 11.8. The summed E-state index contributed by atoms with van der Waals surface area (Å²) in [6.45, 7) is 1.99. The molecular formula is C13H16N2OS. The smallest absolute Gasteiger partial charge is 0.127 e. The van der Waals surface area contributed by atoms with Crippen LogP contribution in [0.4, 0.5) is 0 Å². The van der Waals surface area contributed by atoms with E-state index in [4.69, 9.17) is 9.40 Å². The van der Waals surface area contributed by atoms with Crippen molar-refractivity contribution < 1.29 is 4.42 Å². The quantitative estimate of drug-likeness (QED) is 0.886. The van der Waals surface area contributed by atoms with Crippen LogP contribution in [0.15, 0.2) is 16.7 Å². The lowest BCUT2D eigenvalue weighted by atomic mass is 9.98. The number of nitrogens with one attached hydrogen (secondary N) is 1. The number of rotatable bonds is 2. The zero-order valence-electron chi connectivity index (χ0n) is 10.1. The molecule has 1 aliphatic rings. The minimum absolute atomic E-state index is 0.427. The number of hydrogen-bond acceptors (Lipinski definition) is 4. The van der Waals surface area contributed by atoms with Gasteiger partial charge in [0.25, 0.3) is 0 Å². The maximum Gasteiger partial charge on any atom is 0.127 e. The highest BCUT2D eigenvalue weighted by atomic mass is 32.1. The zero-order valence-corrected chi connectivity index (χ0v) is 10.9. The first-order valence-electron chi connectivity index (χ1n) is 6.01. The maximum absolute atomic E-state index is 5.36. The summed E-state index contributed by atoms with van der Waals surface area (Å²) in [4.78, 5) is 6.24. The first-order valence-corrected chi connectivity index (χ1v) is 6.82. The van der Waals surface area contributed by atoms with Gasteiger partial charge in [0.1, 0.15) is 10.8 Å². The maximum atomic E-state index is 5.36. The monoisotopic (exact) mass is 248 g/mol. The van der Waals surface area contributed by atoms with E-state index in [9.17, 15) is 0 Å². The van der Waals surface area contributed by atoms with Crippen molar-refractivity contribution in [2.75, 3.05) is 7.05 Å². The largest absolute Gasteiger partial charge is 0.469 e. The van der Waals surface area contributed by atoms with Gasteiger partial charge in [-0.3, -0.25) is 0 Å². The van der Waals surface area contributed by atoms with Gasteiger partial charge >= 0.3 is 0 Å². The number of hydrogen-bond donors (Lipinski definition) is 1. The molecule has 1 N–H and O–H groups in total. The van der Waals surface area contributed by atoms with Crippen molar-refractivity contribution in [1.82, 2.24) is 10.3 Å². The van der Waals surface area contributed by atoms with Crippen LogP contribution < -0.4 is 5.32 Å². The summed E-state index contributed by atoms with van der Waals surface area (Å²) in [5.41, 5.74) is 2.39. The highest BCUT2D eigenvalue weighted by Crippen LogP contribution is 2.37. The molecule has 0 saturated heterocycles. The van der Waals surface area contributed by atoms with Crippen molar-refractivity contribution in [3.05, 3.63) is 28.7 Å². The third-order valence-electron chi connectivity index (χ3n) is 3.39. The molecule has 0 radical (unpaired) electrons. The van der Waals surface area contributed by atoms with Crippen LogP contribution in [-0.2, 0) is 6.42 Å². The second-order valence-corrected chi connectivity index (χ2v) is 5.54. The molecule has 1 aliphatic carbocycles. The van der Waals surface area contributed by atoms with E-state index in [0.717, 1.165) is 16.3 Å². The Morgan fingerprint density at radius 1 is 1.53 bits per heavy atom. The molecule has 0 saturated carbocycles. The number of aromatic nitrogens is 1. The number of aryl methyl sites for hydroxylation is 2. The molecular weight excluding hydrogens is 232 g/mol. The van der Waals surface area contributed by atoms with Crippen molar-refractivity contribution in [3.63, 3.8) is 0 Å². The fourth-order valence-corrected chi connectivity index (χ4v) is 3.66. The Bertz CT molecular complexity index is 529. The Balaban J connectivity index is 2.04. The Kier molecular flexibility index (Phi) is 2.76. The van der Waals surface area contributed by atoms with Crippen LogP contribution in [0, 0.1) is 6.92 Å². The minimum atomic E-state index is 0.427. The molecule has 0 aromatic carbocycles. The SMILES string of the molecule is CNC1CCCc2sc(-c3ccoc3C)nc21. The van der Waals surface area contributed by atoms with E-state index in [1.54, 1.807) is 6.26 Å². The molecule has 0 bridgehead atoms. The summed E-state index contributed by atoms with van der Waals surface area (Å²) in [6, 6.07) is 2.43. The van der Waals surface area contributed by atoms with Gasteiger partial charge in [-0.1, -0.05) is 0 Å². The molecule has 17 heavy (non-hydrogen) atoms. The first kappa shape index (κ1) is 11.0. The van der Waals surface area contributed by atoms with Gasteiger partial charge in [-0.15, -0.1) is 11.3 Å². The molecule has 3 nitrogen and oxygen atoms in total. The Morgan fingerprint density at radius 2 is 2.41 bits per heavy atom. The Morgan fingerprint density at radius 3 is 3.12 bits per heavy atom. The van der Waals surface area contributed by atoms with E-state index < -0.39 is 0 Å². The molecule has 0 spiro atoms. The minimum Gasteiger partial charge on any atom is -0.469 e. The lowest BCUT2D eigenvalue weighted by Crippen LogP contribution is -2.21. The molecule has 90 valence electrons. The summed E-state index contributed by atoms with van der Waals surface area (Å²) < 4.78 is 5.36. The summed E-state index contributed by atoms with van der Waals surface area (Å²) in [5, 5.41) is 4.45. The van der Waals surface area contributed by atoms with Gasteiger partial charge in [-0.2, -0.15) is 0 Å². The summed E-state index contributed by atoms with van der Waals surface area (Å²) in [5.74, 6) is 0.956. The van der Waals surface area contributed by atoms with Crippen LogP contribution in [0.1, 0.15) is 35.2 Å². The van der Waals surface area contributed by atoms with Crippen LogP contribution in [-0.4, -0.2) is 12.0 Å². The standard InChI is InChI=1S/C13H16N2OS/c1-8-9(6-7-16-8)13-15-12-10(14-2)4-3-5-11(12)17-13/h6-7,10,14H,3-5H2,1-2H3. The summed E-state index contributed by atoms with van der Waals surface area (Å²) in [7, 11) is 2.02. The predicted octanol–water partition coefficient (Wildman–Crippen LogP) is 3.31. The molecule has 3 rings (SSSR count). The summed E-state index contributed by atoms with van der Waals surface area (Å²) >= 11 is 1.82. The van der Waals surface area contributed by atoms with Crippen LogP contribution in [0.2, 0.25) is 0 Å². The Labute approximate surface area is 105 Å². The molecule has 0 amide bonds. The van der Waals surface area contributed by atoms with Gasteiger partial charge in [-0.05, 0) is 39.3 Å². The average Bonchev–Trinajstić information content (AvgIpc) is 2.93. The molecule has 1 atom stereocenters. The summed E-state index contributed by atoms with van der Waals surface area (Å²) in [6.07, 6.45) is 5.35. The molecule has 0 fully saturated rings. The fourth-order valence-electron chi connectivity index (χ4n) is 2.42. The second-order valence-electron chi connectivity index (χ2n) is 4.45. The van der Waals surface area contributed by atoms with Crippen LogP contribution in [0.5, 0.6) is 0 Å². The third kappa shape index (κ3) is 1.81. The highest BCUT2D eigenvalue weighted by Gasteiger charge is 2.24. The number of thiazole rings is 1. The van der Waals surface area contributed by atoms with E-state index >= 15 is 0 Å². The van der Waals surface area contributed by atoms with E-state index in [0.29, 0.717) is 6.04 Å². The number of furan rings is 1. The van der Waals surface area contributed by atoms with Crippen LogP contribution in [0.25, 0.3) is 10.6 Å². The van der Waals surface area contributed by atoms with E-state index in [2.05, 4.69) is 5.32 Å². The average molecular weight is 248 g/mol. The molecule has 1 unspecified atom stereocenters. The van der Waals surface area contributed by atoms with Gasteiger partial charge in [0.05, 0.1) is 23.6 Å². The lowest BCUT2D eigenvalue weighted by molar-refractivity contribution is 0.490.